The molecule has 0 saturated carbocycles. The van der Waals surface area contributed by atoms with E-state index in [2.05, 4.69) is 15.6 Å². The third kappa shape index (κ3) is 5.65. The van der Waals surface area contributed by atoms with Crippen LogP contribution in [0.1, 0.15) is 15.9 Å². The lowest BCUT2D eigenvalue weighted by Crippen LogP contribution is -2.27. The molecule has 7 nitrogen and oxygen atoms in total. The molecule has 0 spiro atoms. The number of aliphatic hydroxyl groups excluding tert-OH is 1. The van der Waals surface area contributed by atoms with Gasteiger partial charge in [0.2, 0.25) is 5.91 Å². The van der Waals surface area contributed by atoms with E-state index in [0.29, 0.717) is 11.3 Å². The second-order valence-corrected chi connectivity index (χ2v) is 6.70. The van der Waals surface area contributed by atoms with Gasteiger partial charge in [0.15, 0.2) is 0 Å². The smallest absolute Gasteiger partial charge is 0.257 e. The Labute approximate surface area is 175 Å². The molecule has 0 aliphatic heterocycles. The summed E-state index contributed by atoms with van der Waals surface area (Å²) in [6.45, 7) is 0.149. The first-order chi connectivity index (χ1) is 14.6. The van der Waals surface area contributed by atoms with Gasteiger partial charge in [-0.05, 0) is 42.0 Å². The van der Waals surface area contributed by atoms with Gasteiger partial charge in [0.1, 0.15) is 5.82 Å². The third-order valence-electron chi connectivity index (χ3n) is 4.51. The van der Waals surface area contributed by atoms with Gasteiger partial charge in [-0.3, -0.25) is 9.59 Å². The monoisotopic (exact) mass is 404 g/mol. The van der Waals surface area contributed by atoms with E-state index in [1.54, 1.807) is 42.6 Å². The number of carbonyl (C=O) groups excluding carboxylic acids is 2. The summed E-state index contributed by atoms with van der Waals surface area (Å²) in [7, 11) is 1.92. The van der Waals surface area contributed by atoms with Crippen LogP contribution < -0.4 is 15.5 Å². The molecule has 0 fully saturated rings. The molecule has 3 aromatic rings. The second kappa shape index (κ2) is 10.2. The van der Waals surface area contributed by atoms with Crippen molar-refractivity contribution in [1.29, 1.82) is 0 Å². The summed E-state index contributed by atoms with van der Waals surface area (Å²) in [5.41, 5.74) is 2.91. The van der Waals surface area contributed by atoms with E-state index < -0.39 is 0 Å². The largest absolute Gasteiger partial charge is 0.395 e. The fourth-order valence-corrected chi connectivity index (χ4v) is 2.86. The Balaban J connectivity index is 1.58. The molecule has 0 saturated heterocycles. The molecule has 154 valence electrons. The van der Waals surface area contributed by atoms with E-state index in [9.17, 15) is 9.59 Å². The number of nitrogens with one attached hydrogen (secondary N) is 2. The van der Waals surface area contributed by atoms with Crippen LogP contribution in [-0.2, 0) is 11.2 Å². The molecule has 0 bridgehead atoms. The zero-order valence-electron chi connectivity index (χ0n) is 16.7. The van der Waals surface area contributed by atoms with Gasteiger partial charge in [-0.15, -0.1) is 0 Å². The van der Waals surface area contributed by atoms with Gasteiger partial charge >= 0.3 is 0 Å². The Bertz CT molecular complexity index is 974. The van der Waals surface area contributed by atoms with Crippen molar-refractivity contribution in [1.82, 2.24) is 10.3 Å². The van der Waals surface area contributed by atoms with Crippen molar-refractivity contribution in [3.05, 3.63) is 84.1 Å². The Morgan fingerprint density at radius 2 is 1.73 bits per heavy atom. The maximum atomic E-state index is 12.5. The molecule has 0 atom stereocenters. The van der Waals surface area contributed by atoms with Crippen molar-refractivity contribution in [3.8, 4) is 0 Å². The van der Waals surface area contributed by atoms with Gasteiger partial charge in [-0.25, -0.2) is 4.98 Å². The van der Waals surface area contributed by atoms with Crippen LogP contribution in [-0.4, -0.2) is 42.1 Å². The second-order valence-electron chi connectivity index (χ2n) is 6.70. The summed E-state index contributed by atoms with van der Waals surface area (Å²) in [4.78, 5) is 30.5. The third-order valence-corrected chi connectivity index (χ3v) is 4.51. The average Bonchev–Trinajstić information content (AvgIpc) is 2.79. The Morgan fingerprint density at radius 3 is 2.37 bits per heavy atom. The molecule has 0 unspecified atom stereocenters. The van der Waals surface area contributed by atoms with Crippen molar-refractivity contribution in [3.63, 3.8) is 0 Å². The predicted molar refractivity (Wildman–Crippen MR) is 117 cm³/mol. The first-order valence-electron chi connectivity index (χ1n) is 9.59. The van der Waals surface area contributed by atoms with Gasteiger partial charge in [-0.1, -0.05) is 30.3 Å². The van der Waals surface area contributed by atoms with Crippen molar-refractivity contribution in [2.24, 2.45) is 0 Å². The Kier molecular flexibility index (Phi) is 7.13. The molecule has 2 aromatic carbocycles. The van der Waals surface area contributed by atoms with Crippen LogP contribution in [0, 0.1) is 0 Å². The van der Waals surface area contributed by atoms with E-state index in [4.69, 9.17) is 5.11 Å². The quantitative estimate of drug-likeness (QED) is 0.537. The van der Waals surface area contributed by atoms with Crippen molar-refractivity contribution >= 4 is 29.0 Å². The van der Waals surface area contributed by atoms with Crippen molar-refractivity contribution in [2.45, 2.75) is 6.42 Å². The Morgan fingerprint density at radius 1 is 1.00 bits per heavy atom. The molecule has 0 aliphatic carbocycles. The van der Waals surface area contributed by atoms with Crippen molar-refractivity contribution in [2.75, 3.05) is 30.4 Å². The first-order valence-corrected chi connectivity index (χ1v) is 9.59. The number of aromatic nitrogens is 1. The van der Waals surface area contributed by atoms with Gasteiger partial charge in [0, 0.05) is 31.2 Å². The number of anilines is 3. The van der Waals surface area contributed by atoms with Crippen LogP contribution >= 0.6 is 0 Å². The van der Waals surface area contributed by atoms with E-state index in [0.717, 1.165) is 17.1 Å². The van der Waals surface area contributed by atoms with Gasteiger partial charge in [0.05, 0.1) is 18.6 Å². The number of hydrogen-bond donors (Lipinski definition) is 3. The number of pyridine rings is 1. The fraction of sp³-hybridized carbons (Fsp3) is 0.174. The zero-order valence-corrected chi connectivity index (χ0v) is 16.7. The first kappa shape index (κ1) is 21.0. The lowest BCUT2D eigenvalue weighted by Gasteiger charge is -2.18. The van der Waals surface area contributed by atoms with Gasteiger partial charge in [0.25, 0.3) is 5.91 Å². The molecule has 30 heavy (non-hydrogen) atoms. The van der Waals surface area contributed by atoms with Gasteiger partial charge < -0.3 is 20.6 Å². The number of amides is 2. The molecular formula is C23H24N4O3. The maximum absolute atomic E-state index is 12.5. The number of nitrogens with zero attached hydrogens (tertiary/aromatic N) is 2. The number of aliphatic hydroxyl groups is 1. The number of benzene rings is 2. The van der Waals surface area contributed by atoms with Crippen LogP contribution in [0.3, 0.4) is 0 Å². The maximum Gasteiger partial charge on any atom is 0.257 e. The molecule has 0 radical (unpaired) electrons. The normalized spacial score (nSPS) is 10.3. The van der Waals surface area contributed by atoms with Gasteiger partial charge in [-0.2, -0.15) is 0 Å². The molecule has 7 heteroatoms. The number of para-hydroxylation sites is 1. The van der Waals surface area contributed by atoms with Crippen LogP contribution in [0.15, 0.2) is 72.9 Å². The number of rotatable bonds is 8. The SMILES string of the molecule is CN(c1ccccc1)c1ccc(C(=O)Nc2ccc(CC(=O)NCCO)cc2)cn1. The molecular weight excluding hydrogens is 380 g/mol. The molecule has 2 amide bonds. The average molecular weight is 404 g/mol. The molecule has 3 rings (SSSR count). The minimum Gasteiger partial charge on any atom is -0.395 e. The van der Waals surface area contributed by atoms with Crippen LogP contribution in [0.4, 0.5) is 17.2 Å². The van der Waals surface area contributed by atoms with E-state index in [-0.39, 0.29) is 31.4 Å². The lowest BCUT2D eigenvalue weighted by atomic mass is 10.1. The van der Waals surface area contributed by atoms with E-state index in [1.807, 2.05) is 42.3 Å². The van der Waals surface area contributed by atoms with Crippen molar-refractivity contribution < 1.29 is 14.7 Å². The minimum absolute atomic E-state index is 0.0882. The minimum atomic E-state index is -0.259. The summed E-state index contributed by atoms with van der Waals surface area (Å²) < 4.78 is 0. The Hall–Kier alpha value is -3.71. The molecule has 0 aliphatic rings. The molecule has 3 N–H and O–H groups in total. The predicted octanol–water partition coefficient (Wildman–Crippen LogP) is 2.75. The summed E-state index contributed by atoms with van der Waals surface area (Å²) >= 11 is 0. The van der Waals surface area contributed by atoms with Crippen LogP contribution in [0.25, 0.3) is 0 Å². The topological polar surface area (TPSA) is 94.6 Å². The standard InChI is InChI=1S/C23H24N4O3/c1-27(20-5-3-2-4-6-20)21-12-9-18(16-25-21)23(30)26-19-10-7-17(8-11-19)15-22(29)24-13-14-28/h2-12,16,28H,13-15H2,1H3,(H,24,29)(H,26,30). The summed E-state index contributed by atoms with van der Waals surface area (Å²) in [5, 5.41) is 14.2. The van der Waals surface area contributed by atoms with E-state index >= 15 is 0 Å². The highest BCUT2D eigenvalue weighted by atomic mass is 16.3. The fourth-order valence-electron chi connectivity index (χ4n) is 2.86. The number of hydrogen-bond acceptors (Lipinski definition) is 5. The number of carbonyl (C=O) groups is 2. The van der Waals surface area contributed by atoms with E-state index in [1.165, 1.54) is 0 Å². The lowest BCUT2D eigenvalue weighted by molar-refractivity contribution is -0.120. The van der Waals surface area contributed by atoms with Crippen LogP contribution in [0.2, 0.25) is 0 Å². The molecule has 1 heterocycles. The summed E-state index contributed by atoms with van der Waals surface area (Å²) in [6.07, 6.45) is 1.76. The highest BCUT2D eigenvalue weighted by Crippen LogP contribution is 2.21. The highest BCUT2D eigenvalue weighted by molar-refractivity contribution is 6.04. The highest BCUT2D eigenvalue weighted by Gasteiger charge is 2.10. The summed E-state index contributed by atoms with van der Waals surface area (Å²) in [5.74, 6) is 0.318. The zero-order chi connectivity index (χ0) is 21.3. The molecule has 1 aromatic heterocycles. The van der Waals surface area contributed by atoms with Crippen LogP contribution in [0.5, 0.6) is 0 Å². The summed E-state index contributed by atoms with van der Waals surface area (Å²) in [6, 6.07) is 20.4.